The molecule has 1 aliphatic heterocycles. The number of rotatable bonds is 13. The highest BCUT2D eigenvalue weighted by atomic mass is 79.9. The average Bonchev–Trinajstić information content (AvgIpc) is 2.90. The summed E-state index contributed by atoms with van der Waals surface area (Å²) in [7, 11) is -5.85. The second-order valence-corrected chi connectivity index (χ2v) is 14.8. The van der Waals surface area contributed by atoms with Gasteiger partial charge in [-0.1, -0.05) is 46.6 Å². The highest BCUT2D eigenvalue weighted by molar-refractivity contribution is 9.10. The van der Waals surface area contributed by atoms with Crippen molar-refractivity contribution in [2.75, 3.05) is 45.6 Å². The molecule has 0 N–H and O–H groups in total. The van der Waals surface area contributed by atoms with E-state index in [4.69, 9.17) is 16.3 Å². The molecule has 39 heavy (non-hydrogen) atoms. The van der Waals surface area contributed by atoms with Crippen molar-refractivity contribution in [3.05, 3.63) is 63.6 Å². The Kier molecular flexibility index (Phi) is 11.8. The maximum Gasteiger partial charge on any atom is 0.243 e. The third-order valence-corrected chi connectivity index (χ3v) is 11.3. The number of benzene rings is 2. The van der Waals surface area contributed by atoms with E-state index in [0.717, 1.165) is 10.0 Å². The number of halogens is 2. The zero-order chi connectivity index (χ0) is 28.6. The molecular weight excluding hydrogens is 630 g/mol. The van der Waals surface area contributed by atoms with E-state index in [9.17, 15) is 21.6 Å². The number of ether oxygens (including phenoxy) is 1. The SMILES string of the molecule is CCCS(=O)(=O)N(CCOC)CC(=O)N(Cc1cccc(Cl)c1)C1CCN(S(=O)(=O)c2ccc(Br)cc2)CC1. The van der Waals surface area contributed by atoms with Crippen LogP contribution in [0.25, 0.3) is 0 Å². The number of hydrogen-bond acceptors (Lipinski definition) is 6. The molecule has 1 aliphatic rings. The van der Waals surface area contributed by atoms with E-state index in [1.54, 1.807) is 54.3 Å². The second kappa shape index (κ2) is 14.4. The monoisotopic (exact) mass is 663 g/mol. The standard InChI is InChI=1S/C26H35BrClN3O6S2/c1-3-17-38(33,34)30(15-16-37-2)20-26(32)31(19-21-5-4-6-23(28)18-21)24-11-13-29(14-12-24)39(35,36)25-9-7-22(27)8-10-25/h4-10,18,24H,3,11-17,19-20H2,1-2H3. The molecule has 0 unspecified atom stereocenters. The summed E-state index contributed by atoms with van der Waals surface area (Å²) in [6, 6.07) is 13.4. The van der Waals surface area contributed by atoms with Gasteiger partial charge >= 0.3 is 0 Å². The van der Waals surface area contributed by atoms with Crippen molar-refractivity contribution in [3.63, 3.8) is 0 Å². The number of amides is 1. The number of carbonyl (C=O) groups excluding carboxylic acids is 1. The van der Waals surface area contributed by atoms with Crippen LogP contribution < -0.4 is 0 Å². The first-order chi connectivity index (χ1) is 18.5. The fourth-order valence-corrected chi connectivity index (χ4v) is 7.92. The molecule has 0 spiro atoms. The Morgan fingerprint density at radius 1 is 1.10 bits per heavy atom. The van der Waals surface area contributed by atoms with E-state index in [2.05, 4.69) is 15.9 Å². The molecule has 0 bridgehead atoms. The number of nitrogens with zero attached hydrogens (tertiary/aromatic N) is 3. The third kappa shape index (κ3) is 8.72. The summed E-state index contributed by atoms with van der Waals surface area (Å²) in [5.74, 6) is -0.412. The van der Waals surface area contributed by atoms with Crippen LogP contribution in [0.2, 0.25) is 5.02 Å². The van der Waals surface area contributed by atoms with Gasteiger partial charge in [0.05, 0.1) is 23.8 Å². The smallest absolute Gasteiger partial charge is 0.243 e. The number of hydrogen-bond donors (Lipinski definition) is 0. The lowest BCUT2D eigenvalue weighted by molar-refractivity contribution is -0.135. The molecule has 1 heterocycles. The predicted octanol–water partition coefficient (Wildman–Crippen LogP) is 3.97. The maximum absolute atomic E-state index is 13.7. The molecule has 1 amide bonds. The maximum atomic E-state index is 13.7. The molecule has 216 valence electrons. The molecule has 0 aliphatic carbocycles. The van der Waals surface area contributed by atoms with Crippen molar-refractivity contribution in [1.82, 2.24) is 13.5 Å². The van der Waals surface area contributed by atoms with Crippen LogP contribution in [0.5, 0.6) is 0 Å². The van der Waals surface area contributed by atoms with E-state index >= 15 is 0 Å². The molecule has 1 fully saturated rings. The minimum atomic E-state index is -3.68. The third-order valence-electron chi connectivity index (χ3n) is 6.59. The molecule has 2 aromatic rings. The number of sulfonamides is 2. The minimum Gasteiger partial charge on any atom is -0.383 e. The molecule has 0 aromatic heterocycles. The van der Waals surface area contributed by atoms with Crippen LogP contribution in [0.3, 0.4) is 0 Å². The van der Waals surface area contributed by atoms with Gasteiger partial charge in [0.2, 0.25) is 26.0 Å². The predicted molar refractivity (Wildman–Crippen MR) is 155 cm³/mol. The zero-order valence-corrected chi connectivity index (χ0v) is 26.1. The van der Waals surface area contributed by atoms with Gasteiger partial charge in [-0.15, -0.1) is 0 Å². The average molecular weight is 665 g/mol. The highest BCUT2D eigenvalue weighted by Crippen LogP contribution is 2.26. The molecule has 0 atom stereocenters. The molecule has 13 heteroatoms. The van der Waals surface area contributed by atoms with Gasteiger partial charge in [0, 0.05) is 48.8 Å². The lowest BCUT2D eigenvalue weighted by atomic mass is 10.0. The first kappa shape index (κ1) is 32.0. The van der Waals surface area contributed by atoms with Crippen LogP contribution in [-0.2, 0) is 36.1 Å². The van der Waals surface area contributed by atoms with Crippen molar-refractivity contribution in [3.8, 4) is 0 Å². The Labute approximate surface area is 245 Å². The van der Waals surface area contributed by atoms with Gasteiger partial charge in [0.15, 0.2) is 0 Å². The molecule has 9 nitrogen and oxygen atoms in total. The van der Waals surface area contributed by atoms with Gasteiger partial charge in [0.1, 0.15) is 0 Å². The minimum absolute atomic E-state index is 0.0649. The summed E-state index contributed by atoms with van der Waals surface area (Å²) >= 11 is 9.51. The summed E-state index contributed by atoms with van der Waals surface area (Å²) in [6.45, 7) is 2.40. The first-order valence-corrected chi connectivity index (χ1v) is 17.0. The largest absolute Gasteiger partial charge is 0.383 e. The zero-order valence-electron chi connectivity index (χ0n) is 22.1. The first-order valence-electron chi connectivity index (χ1n) is 12.7. The Morgan fingerprint density at radius 2 is 1.77 bits per heavy atom. The van der Waals surface area contributed by atoms with Crippen LogP contribution in [-0.4, -0.2) is 87.9 Å². The van der Waals surface area contributed by atoms with Gasteiger partial charge in [-0.05, 0) is 61.2 Å². The molecule has 0 saturated carbocycles. The van der Waals surface area contributed by atoms with Crippen molar-refractivity contribution in [2.45, 2.75) is 43.7 Å². The van der Waals surface area contributed by atoms with Crippen molar-refractivity contribution in [2.24, 2.45) is 0 Å². The molecular formula is C26H35BrClN3O6S2. The van der Waals surface area contributed by atoms with Crippen LogP contribution in [0.15, 0.2) is 57.9 Å². The van der Waals surface area contributed by atoms with Crippen LogP contribution >= 0.6 is 27.5 Å². The Bertz CT molecular complexity index is 1320. The summed E-state index contributed by atoms with van der Waals surface area (Å²) in [5.41, 5.74) is 0.806. The van der Waals surface area contributed by atoms with Gasteiger partial charge in [-0.2, -0.15) is 8.61 Å². The Hall–Kier alpha value is -1.54. The lowest BCUT2D eigenvalue weighted by Gasteiger charge is -2.39. The number of methoxy groups -OCH3 is 1. The Morgan fingerprint density at radius 3 is 2.36 bits per heavy atom. The second-order valence-electron chi connectivity index (χ2n) is 9.38. The van der Waals surface area contributed by atoms with Crippen molar-refractivity contribution in [1.29, 1.82) is 0 Å². The Balaban J connectivity index is 1.81. The van der Waals surface area contributed by atoms with Crippen LogP contribution in [0, 0.1) is 0 Å². The van der Waals surface area contributed by atoms with Gasteiger partial charge in [-0.25, -0.2) is 16.8 Å². The van der Waals surface area contributed by atoms with E-state index in [1.165, 1.54) is 15.7 Å². The van der Waals surface area contributed by atoms with E-state index in [1.807, 2.05) is 6.07 Å². The lowest BCUT2D eigenvalue weighted by Crippen LogP contribution is -2.51. The summed E-state index contributed by atoms with van der Waals surface area (Å²) in [5, 5.41) is 0.530. The van der Waals surface area contributed by atoms with Crippen molar-refractivity contribution >= 4 is 53.5 Å². The molecule has 3 rings (SSSR count). The molecule has 1 saturated heterocycles. The van der Waals surface area contributed by atoms with Crippen molar-refractivity contribution < 1.29 is 26.4 Å². The van der Waals surface area contributed by atoms with Gasteiger partial charge in [0.25, 0.3) is 0 Å². The summed E-state index contributed by atoms with van der Waals surface area (Å²) < 4.78 is 60.6. The van der Waals surface area contributed by atoms with Gasteiger partial charge < -0.3 is 9.64 Å². The summed E-state index contributed by atoms with van der Waals surface area (Å²) in [6.07, 6.45) is 1.27. The topological polar surface area (TPSA) is 104 Å². The highest BCUT2D eigenvalue weighted by Gasteiger charge is 2.35. The normalized spacial score (nSPS) is 15.5. The number of carbonyl (C=O) groups is 1. The summed E-state index contributed by atoms with van der Waals surface area (Å²) in [4.78, 5) is 15.6. The van der Waals surface area contributed by atoms with Gasteiger partial charge in [-0.3, -0.25) is 4.79 Å². The van der Waals surface area contributed by atoms with Crippen LogP contribution in [0.1, 0.15) is 31.7 Å². The molecule has 0 radical (unpaired) electrons. The van der Waals surface area contributed by atoms with E-state index < -0.39 is 20.0 Å². The van der Waals surface area contributed by atoms with E-state index in [-0.39, 0.29) is 61.9 Å². The number of piperidine rings is 1. The fraction of sp³-hybridized carbons (Fsp3) is 0.500. The quantitative estimate of drug-likeness (QED) is 0.321. The van der Waals surface area contributed by atoms with E-state index in [0.29, 0.717) is 24.3 Å². The molecule has 2 aromatic carbocycles. The fourth-order valence-electron chi connectivity index (χ4n) is 4.54. The van der Waals surface area contributed by atoms with Crippen LogP contribution in [0.4, 0.5) is 0 Å².